The van der Waals surface area contributed by atoms with Gasteiger partial charge >= 0.3 is 0 Å². The van der Waals surface area contributed by atoms with Gasteiger partial charge in [-0.3, -0.25) is 0 Å². The number of aliphatic hydroxyl groups excluding tert-OH is 1. The maximum absolute atomic E-state index is 9.28. The van der Waals surface area contributed by atoms with E-state index in [1.54, 1.807) is 21.3 Å². The highest BCUT2D eigenvalue weighted by Crippen LogP contribution is 2.47. The highest BCUT2D eigenvalue weighted by atomic mass is 16.5. The second kappa shape index (κ2) is 7.68. The molecule has 3 aromatic rings. The van der Waals surface area contributed by atoms with Crippen molar-refractivity contribution in [3.63, 3.8) is 0 Å². The molecule has 2 aromatic carbocycles. The van der Waals surface area contributed by atoms with E-state index in [-0.39, 0.29) is 6.61 Å². The summed E-state index contributed by atoms with van der Waals surface area (Å²) in [6.45, 7) is 0.149. The normalized spacial score (nSPS) is 13.6. The number of pyridine rings is 1. The summed E-state index contributed by atoms with van der Waals surface area (Å²) in [6.07, 6.45) is 3.04. The Kier molecular flexibility index (Phi) is 5.09. The van der Waals surface area contributed by atoms with Crippen molar-refractivity contribution in [2.24, 2.45) is 0 Å². The number of aliphatic hydroxyl groups is 1. The molecule has 1 N–H and O–H groups in total. The van der Waals surface area contributed by atoms with E-state index in [0.717, 1.165) is 22.3 Å². The summed E-state index contributed by atoms with van der Waals surface area (Å²) in [6, 6.07) is 12.1. The highest BCUT2D eigenvalue weighted by Gasteiger charge is 2.27. The van der Waals surface area contributed by atoms with Crippen LogP contribution in [0, 0.1) is 0 Å². The van der Waals surface area contributed by atoms with Crippen LogP contribution >= 0.6 is 0 Å². The molecule has 1 aliphatic rings. The van der Waals surface area contributed by atoms with Gasteiger partial charge in [-0.15, -0.1) is 0 Å². The summed E-state index contributed by atoms with van der Waals surface area (Å²) in [7, 11) is 4.90. The summed E-state index contributed by atoms with van der Waals surface area (Å²) in [5.41, 5.74) is 5.04. The maximum atomic E-state index is 9.28. The molecule has 1 aromatic heterocycles. The molecule has 0 radical (unpaired) electrons. The van der Waals surface area contributed by atoms with E-state index in [9.17, 15) is 5.11 Å². The van der Waals surface area contributed by atoms with E-state index in [4.69, 9.17) is 19.2 Å². The molecule has 0 spiro atoms. The number of benzene rings is 2. The first-order chi connectivity index (χ1) is 13.7. The summed E-state index contributed by atoms with van der Waals surface area (Å²) < 4.78 is 16.6. The van der Waals surface area contributed by atoms with Crippen molar-refractivity contribution in [1.82, 2.24) is 4.98 Å². The fourth-order valence-corrected chi connectivity index (χ4v) is 3.70. The Morgan fingerprint density at radius 2 is 1.68 bits per heavy atom. The number of methoxy groups -OCH3 is 3. The minimum atomic E-state index is 0.149. The van der Waals surface area contributed by atoms with Gasteiger partial charge in [0.25, 0.3) is 0 Å². The number of hydrogen-bond donors (Lipinski definition) is 1. The van der Waals surface area contributed by atoms with Gasteiger partial charge in [-0.05, 0) is 54.5 Å². The smallest absolute Gasteiger partial charge is 0.135 e. The Hall–Kier alpha value is -2.79. The third kappa shape index (κ3) is 3.38. The Morgan fingerprint density at radius 3 is 2.25 bits per heavy atom. The quantitative estimate of drug-likeness (QED) is 0.662. The Morgan fingerprint density at radius 1 is 0.964 bits per heavy atom. The molecule has 0 amide bonds. The molecule has 1 saturated carbocycles. The standard InChI is InChI=1S/C23H25NO4/c1-26-16-11-21(27-2)23(22(12-16)28-3)20-13-17(15-5-6-15)18-10-14(8-9-25)4-7-19(18)24-20/h4,7,10-13,15,25H,5-6,8-9H2,1-3H3. The first kappa shape index (κ1) is 18.6. The molecule has 1 heterocycles. The molecule has 0 aliphatic heterocycles. The molecule has 5 heteroatoms. The van der Waals surface area contributed by atoms with Crippen molar-refractivity contribution < 1.29 is 19.3 Å². The molecule has 0 saturated heterocycles. The van der Waals surface area contributed by atoms with E-state index in [2.05, 4.69) is 12.1 Å². The van der Waals surface area contributed by atoms with Gasteiger partial charge in [0.1, 0.15) is 17.2 Å². The van der Waals surface area contributed by atoms with Crippen molar-refractivity contribution in [3.8, 4) is 28.5 Å². The van der Waals surface area contributed by atoms with Gasteiger partial charge in [0.15, 0.2) is 0 Å². The lowest BCUT2D eigenvalue weighted by molar-refractivity contribution is 0.299. The van der Waals surface area contributed by atoms with Gasteiger partial charge < -0.3 is 19.3 Å². The zero-order valence-corrected chi connectivity index (χ0v) is 16.5. The SMILES string of the molecule is COc1cc(OC)c(-c2cc(C3CC3)c3cc(CCO)ccc3n2)c(OC)c1. The van der Waals surface area contributed by atoms with Crippen LogP contribution in [0.3, 0.4) is 0 Å². The fourth-order valence-electron chi connectivity index (χ4n) is 3.70. The summed E-state index contributed by atoms with van der Waals surface area (Å²) in [5, 5.41) is 10.4. The molecule has 1 fully saturated rings. The Balaban J connectivity index is 1.94. The second-order valence-electron chi connectivity index (χ2n) is 7.10. The zero-order chi connectivity index (χ0) is 19.7. The topological polar surface area (TPSA) is 60.8 Å². The van der Waals surface area contributed by atoms with Crippen LogP contribution in [0.2, 0.25) is 0 Å². The number of nitrogens with zero attached hydrogens (tertiary/aromatic N) is 1. The third-order valence-electron chi connectivity index (χ3n) is 5.29. The molecule has 28 heavy (non-hydrogen) atoms. The Labute approximate surface area is 164 Å². The molecule has 0 atom stereocenters. The molecule has 4 rings (SSSR count). The molecule has 146 valence electrons. The van der Waals surface area contributed by atoms with Crippen LogP contribution < -0.4 is 14.2 Å². The summed E-state index contributed by atoms with van der Waals surface area (Å²) in [4.78, 5) is 4.93. The lowest BCUT2D eigenvalue weighted by atomic mass is 9.98. The lowest BCUT2D eigenvalue weighted by Gasteiger charge is -2.17. The van der Waals surface area contributed by atoms with Gasteiger partial charge in [0, 0.05) is 24.1 Å². The van der Waals surface area contributed by atoms with Crippen LogP contribution in [-0.4, -0.2) is 38.0 Å². The molecule has 0 bridgehead atoms. The zero-order valence-electron chi connectivity index (χ0n) is 16.5. The van der Waals surface area contributed by atoms with Gasteiger partial charge in [-0.2, -0.15) is 0 Å². The first-order valence-corrected chi connectivity index (χ1v) is 9.53. The average Bonchev–Trinajstić information content (AvgIpc) is 3.57. The van der Waals surface area contributed by atoms with Crippen molar-refractivity contribution >= 4 is 10.9 Å². The average molecular weight is 379 g/mol. The monoisotopic (exact) mass is 379 g/mol. The lowest BCUT2D eigenvalue weighted by Crippen LogP contribution is -1.99. The fraction of sp³-hybridized carbons (Fsp3) is 0.348. The number of ether oxygens (including phenoxy) is 3. The van der Waals surface area contributed by atoms with Gasteiger partial charge in [-0.1, -0.05) is 6.07 Å². The minimum Gasteiger partial charge on any atom is -0.496 e. The first-order valence-electron chi connectivity index (χ1n) is 9.53. The molecular weight excluding hydrogens is 354 g/mol. The molecule has 5 nitrogen and oxygen atoms in total. The van der Waals surface area contributed by atoms with E-state index in [1.807, 2.05) is 24.3 Å². The number of fused-ring (bicyclic) bond motifs is 1. The summed E-state index contributed by atoms with van der Waals surface area (Å²) >= 11 is 0. The van der Waals surface area contributed by atoms with Gasteiger partial charge in [-0.25, -0.2) is 4.98 Å². The third-order valence-corrected chi connectivity index (χ3v) is 5.29. The summed E-state index contributed by atoms with van der Waals surface area (Å²) in [5.74, 6) is 2.57. The molecule has 1 aliphatic carbocycles. The molecular formula is C23H25NO4. The van der Waals surface area contributed by atoms with E-state index >= 15 is 0 Å². The largest absolute Gasteiger partial charge is 0.496 e. The van der Waals surface area contributed by atoms with E-state index in [1.165, 1.54) is 23.8 Å². The van der Waals surface area contributed by atoms with Crippen molar-refractivity contribution in [3.05, 3.63) is 47.5 Å². The van der Waals surface area contributed by atoms with Crippen molar-refractivity contribution in [2.75, 3.05) is 27.9 Å². The predicted octanol–water partition coefficient (Wildman–Crippen LogP) is 4.34. The van der Waals surface area contributed by atoms with Crippen LogP contribution in [0.4, 0.5) is 0 Å². The van der Waals surface area contributed by atoms with E-state index in [0.29, 0.717) is 29.6 Å². The van der Waals surface area contributed by atoms with Gasteiger partial charge in [0.05, 0.1) is 38.1 Å². The van der Waals surface area contributed by atoms with Crippen molar-refractivity contribution in [2.45, 2.75) is 25.2 Å². The van der Waals surface area contributed by atoms with Gasteiger partial charge in [0.2, 0.25) is 0 Å². The number of hydrogen-bond acceptors (Lipinski definition) is 5. The van der Waals surface area contributed by atoms with Crippen molar-refractivity contribution in [1.29, 1.82) is 0 Å². The van der Waals surface area contributed by atoms with Crippen LogP contribution in [0.25, 0.3) is 22.2 Å². The van der Waals surface area contributed by atoms with Crippen LogP contribution in [0.15, 0.2) is 36.4 Å². The van der Waals surface area contributed by atoms with Crippen LogP contribution in [0.1, 0.15) is 29.9 Å². The van der Waals surface area contributed by atoms with Crippen LogP contribution in [-0.2, 0) is 6.42 Å². The Bertz CT molecular complexity index is 986. The number of rotatable bonds is 7. The second-order valence-corrected chi connectivity index (χ2v) is 7.10. The molecule has 0 unspecified atom stereocenters. The van der Waals surface area contributed by atoms with E-state index < -0.39 is 0 Å². The maximum Gasteiger partial charge on any atom is 0.135 e. The van der Waals surface area contributed by atoms with Crippen LogP contribution in [0.5, 0.6) is 17.2 Å². The minimum absolute atomic E-state index is 0.149. The predicted molar refractivity (Wildman–Crippen MR) is 110 cm³/mol. The number of aromatic nitrogens is 1. The highest BCUT2D eigenvalue weighted by molar-refractivity contribution is 5.88.